The van der Waals surface area contributed by atoms with E-state index in [2.05, 4.69) is 29.1 Å². The summed E-state index contributed by atoms with van der Waals surface area (Å²) in [6, 6.07) is 0. The molecule has 0 amide bonds. The lowest BCUT2D eigenvalue weighted by atomic mass is 10.1. The zero-order valence-corrected chi connectivity index (χ0v) is 15.6. The first-order chi connectivity index (χ1) is 9.18. The number of nitrogens with two attached hydrogens (primary N) is 1. The molecule has 0 atom stereocenters. The molecule has 5 heteroatoms. The third-order valence-corrected chi connectivity index (χ3v) is 3.64. The third kappa shape index (κ3) is 10.7. The normalized spacial score (nSPS) is 17.6. The predicted molar refractivity (Wildman–Crippen MR) is 98.9 cm³/mol. The maximum absolute atomic E-state index is 5.83. The Morgan fingerprint density at radius 3 is 2.45 bits per heavy atom. The Bertz CT molecular complexity index is 248. The SMILES string of the molecule is CC(C)CCNC(N)=NCCCN1CCCCCC1.I. The van der Waals surface area contributed by atoms with E-state index in [1.807, 2.05) is 0 Å². The number of rotatable bonds is 7. The van der Waals surface area contributed by atoms with Crippen LogP contribution in [0.2, 0.25) is 0 Å². The molecule has 1 aliphatic heterocycles. The van der Waals surface area contributed by atoms with Crippen LogP contribution in [-0.4, -0.2) is 43.6 Å². The van der Waals surface area contributed by atoms with E-state index in [9.17, 15) is 0 Å². The Morgan fingerprint density at radius 2 is 1.85 bits per heavy atom. The van der Waals surface area contributed by atoms with Crippen LogP contribution in [0.5, 0.6) is 0 Å². The van der Waals surface area contributed by atoms with E-state index in [1.165, 1.54) is 45.3 Å². The second-order valence-corrected chi connectivity index (χ2v) is 5.99. The average molecular weight is 396 g/mol. The third-order valence-electron chi connectivity index (χ3n) is 3.64. The zero-order chi connectivity index (χ0) is 13.9. The van der Waals surface area contributed by atoms with Crippen LogP contribution in [-0.2, 0) is 0 Å². The van der Waals surface area contributed by atoms with E-state index in [0.29, 0.717) is 11.9 Å². The van der Waals surface area contributed by atoms with E-state index in [-0.39, 0.29) is 24.0 Å². The summed E-state index contributed by atoms with van der Waals surface area (Å²) in [5.74, 6) is 1.32. The fourth-order valence-corrected chi connectivity index (χ4v) is 2.40. The first-order valence-electron chi connectivity index (χ1n) is 7.94. The van der Waals surface area contributed by atoms with Crippen molar-refractivity contribution in [3.05, 3.63) is 0 Å². The maximum Gasteiger partial charge on any atom is 0.188 e. The molecule has 3 N–H and O–H groups in total. The van der Waals surface area contributed by atoms with E-state index in [4.69, 9.17) is 5.73 Å². The van der Waals surface area contributed by atoms with Gasteiger partial charge in [0.05, 0.1) is 0 Å². The molecule has 0 aromatic carbocycles. The van der Waals surface area contributed by atoms with Gasteiger partial charge in [-0.15, -0.1) is 24.0 Å². The quantitative estimate of drug-likeness (QED) is 0.301. The molecule has 0 aliphatic carbocycles. The van der Waals surface area contributed by atoms with Gasteiger partial charge in [-0.25, -0.2) is 0 Å². The Morgan fingerprint density at radius 1 is 1.20 bits per heavy atom. The summed E-state index contributed by atoms with van der Waals surface area (Å²) in [5.41, 5.74) is 5.83. The van der Waals surface area contributed by atoms with Gasteiger partial charge < -0.3 is 16.0 Å². The van der Waals surface area contributed by atoms with Gasteiger partial charge in [0.1, 0.15) is 0 Å². The molecule has 120 valence electrons. The first-order valence-corrected chi connectivity index (χ1v) is 7.94. The van der Waals surface area contributed by atoms with Crippen molar-refractivity contribution in [1.82, 2.24) is 10.2 Å². The van der Waals surface area contributed by atoms with Crippen LogP contribution >= 0.6 is 24.0 Å². The lowest BCUT2D eigenvalue weighted by Gasteiger charge is -2.18. The van der Waals surface area contributed by atoms with Crippen molar-refractivity contribution in [3.63, 3.8) is 0 Å². The molecule has 1 aliphatic rings. The average Bonchev–Trinajstić information content (AvgIpc) is 2.63. The van der Waals surface area contributed by atoms with Crippen molar-refractivity contribution < 1.29 is 0 Å². The number of nitrogens with one attached hydrogen (secondary N) is 1. The van der Waals surface area contributed by atoms with E-state index < -0.39 is 0 Å². The number of hydrogen-bond acceptors (Lipinski definition) is 2. The summed E-state index contributed by atoms with van der Waals surface area (Å²) in [4.78, 5) is 6.96. The Labute approximate surface area is 142 Å². The standard InChI is InChI=1S/C15H32N4.HI/c1-14(2)8-10-18-15(16)17-9-7-13-19-11-5-3-4-6-12-19;/h14H,3-13H2,1-2H3,(H3,16,17,18);1H. The lowest BCUT2D eigenvalue weighted by Crippen LogP contribution is -2.33. The molecule has 1 rings (SSSR count). The minimum atomic E-state index is 0. The van der Waals surface area contributed by atoms with Gasteiger partial charge in [-0.3, -0.25) is 4.99 Å². The molecule has 1 fully saturated rings. The van der Waals surface area contributed by atoms with Gasteiger partial charge in [0.15, 0.2) is 5.96 Å². The fraction of sp³-hybridized carbons (Fsp3) is 0.933. The van der Waals surface area contributed by atoms with Gasteiger partial charge in [0.25, 0.3) is 0 Å². The molecule has 0 aromatic rings. The summed E-state index contributed by atoms with van der Waals surface area (Å²) in [6.07, 6.45) is 7.80. The minimum absolute atomic E-state index is 0. The molecule has 1 saturated heterocycles. The smallest absolute Gasteiger partial charge is 0.188 e. The largest absolute Gasteiger partial charge is 0.370 e. The topological polar surface area (TPSA) is 53.6 Å². The van der Waals surface area contributed by atoms with Gasteiger partial charge in [-0.1, -0.05) is 26.7 Å². The van der Waals surface area contributed by atoms with Gasteiger partial charge in [0, 0.05) is 13.1 Å². The summed E-state index contributed by atoms with van der Waals surface area (Å²) < 4.78 is 0. The maximum atomic E-state index is 5.83. The second kappa shape index (κ2) is 12.7. The Balaban J connectivity index is 0.00000361. The Kier molecular flexibility index (Phi) is 12.7. The second-order valence-electron chi connectivity index (χ2n) is 5.99. The van der Waals surface area contributed by atoms with Crippen LogP contribution in [0.25, 0.3) is 0 Å². The molecular formula is C15H33IN4. The molecule has 0 aromatic heterocycles. The lowest BCUT2D eigenvalue weighted by molar-refractivity contribution is 0.283. The van der Waals surface area contributed by atoms with Crippen molar-refractivity contribution in [1.29, 1.82) is 0 Å². The number of guanidine groups is 1. The number of halogens is 1. The molecule has 0 spiro atoms. The number of aliphatic imine (C=N–C) groups is 1. The molecular weight excluding hydrogens is 363 g/mol. The summed E-state index contributed by atoms with van der Waals surface area (Å²) in [5, 5.41) is 3.18. The van der Waals surface area contributed by atoms with Crippen molar-refractivity contribution >= 4 is 29.9 Å². The fourth-order valence-electron chi connectivity index (χ4n) is 2.40. The zero-order valence-electron chi connectivity index (χ0n) is 13.2. The van der Waals surface area contributed by atoms with Crippen molar-refractivity contribution in [3.8, 4) is 0 Å². The highest BCUT2D eigenvalue weighted by Crippen LogP contribution is 2.09. The molecule has 0 radical (unpaired) electrons. The van der Waals surface area contributed by atoms with Crippen LogP contribution in [0.15, 0.2) is 4.99 Å². The Hall–Kier alpha value is -0.0400. The summed E-state index contributed by atoms with van der Waals surface area (Å²) >= 11 is 0. The number of nitrogens with zero attached hydrogens (tertiary/aromatic N) is 2. The highest BCUT2D eigenvalue weighted by molar-refractivity contribution is 14.0. The van der Waals surface area contributed by atoms with E-state index in [0.717, 1.165) is 25.9 Å². The number of hydrogen-bond donors (Lipinski definition) is 2. The van der Waals surface area contributed by atoms with E-state index in [1.54, 1.807) is 0 Å². The van der Waals surface area contributed by atoms with E-state index >= 15 is 0 Å². The monoisotopic (exact) mass is 396 g/mol. The van der Waals surface area contributed by atoms with Crippen molar-refractivity contribution in [2.75, 3.05) is 32.7 Å². The highest BCUT2D eigenvalue weighted by atomic mass is 127. The molecule has 0 unspecified atom stereocenters. The molecule has 0 saturated carbocycles. The van der Waals surface area contributed by atoms with Crippen LogP contribution < -0.4 is 11.1 Å². The van der Waals surface area contributed by atoms with Gasteiger partial charge >= 0.3 is 0 Å². The summed E-state index contributed by atoms with van der Waals surface area (Å²) in [6.45, 7) is 9.92. The van der Waals surface area contributed by atoms with Gasteiger partial charge in [-0.2, -0.15) is 0 Å². The number of likely N-dealkylation sites (tertiary alicyclic amines) is 1. The molecule has 0 bridgehead atoms. The van der Waals surface area contributed by atoms with Crippen molar-refractivity contribution in [2.24, 2.45) is 16.6 Å². The summed E-state index contributed by atoms with van der Waals surface area (Å²) in [7, 11) is 0. The van der Waals surface area contributed by atoms with Crippen LogP contribution in [0, 0.1) is 5.92 Å². The van der Waals surface area contributed by atoms with Gasteiger partial charge in [0.2, 0.25) is 0 Å². The van der Waals surface area contributed by atoms with Gasteiger partial charge in [-0.05, 0) is 51.2 Å². The molecule has 20 heavy (non-hydrogen) atoms. The minimum Gasteiger partial charge on any atom is -0.370 e. The van der Waals surface area contributed by atoms with Crippen LogP contribution in [0.1, 0.15) is 52.4 Å². The first kappa shape index (κ1) is 20.0. The predicted octanol–water partition coefficient (Wildman–Crippen LogP) is 2.82. The van der Waals surface area contributed by atoms with Crippen LogP contribution in [0.4, 0.5) is 0 Å². The highest BCUT2D eigenvalue weighted by Gasteiger charge is 2.07. The van der Waals surface area contributed by atoms with Crippen LogP contribution in [0.3, 0.4) is 0 Å². The van der Waals surface area contributed by atoms with Crippen molar-refractivity contribution in [2.45, 2.75) is 52.4 Å². The molecule has 1 heterocycles. The molecule has 4 nitrogen and oxygen atoms in total.